The van der Waals surface area contributed by atoms with Gasteiger partial charge in [0.05, 0.1) is 6.54 Å². The van der Waals surface area contributed by atoms with Gasteiger partial charge in [-0.25, -0.2) is 4.98 Å². The van der Waals surface area contributed by atoms with Crippen LogP contribution in [0.5, 0.6) is 5.19 Å². The van der Waals surface area contributed by atoms with Crippen LogP contribution in [0.2, 0.25) is 0 Å². The molecule has 0 aromatic carbocycles. The molecule has 88 valence electrons. The summed E-state index contributed by atoms with van der Waals surface area (Å²) in [6, 6.07) is 0. The Morgan fingerprint density at radius 2 is 2.62 bits per heavy atom. The van der Waals surface area contributed by atoms with Crippen molar-refractivity contribution in [2.75, 3.05) is 13.1 Å². The van der Waals surface area contributed by atoms with Crippen LogP contribution in [0.3, 0.4) is 0 Å². The van der Waals surface area contributed by atoms with Gasteiger partial charge >= 0.3 is 0 Å². The van der Waals surface area contributed by atoms with Crippen LogP contribution in [0, 0.1) is 0 Å². The zero-order valence-corrected chi connectivity index (χ0v) is 10.2. The van der Waals surface area contributed by atoms with E-state index in [9.17, 15) is 4.79 Å². The maximum Gasteiger partial charge on any atom is 0.273 e. The summed E-state index contributed by atoms with van der Waals surface area (Å²) in [5.74, 6) is 0.243. The van der Waals surface area contributed by atoms with Crippen LogP contribution < -0.4 is 4.74 Å². The Bertz CT molecular complexity index is 340. The van der Waals surface area contributed by atoms with E-state index in [1.54, 1.807) is 6.20 Å². The fraction of sp³-hybridized carbons (Fsp3) is 0.636. The molecule has 0 radical (unpaired) electrons. The van der Waals surface area contributed by atoms with Crippen LogP contribution in [0.25, 0.3) is 0 Å². The average Bonchev–Trinajstić information content (AvgIpc) is 2.90. The van der Waals surface area contributed by atoms with E-state index < -0.39 is 0 Å². The van der Waals surface area contributed by atoms with Gasteiger partial charge in [-0.15, -0.1) is 0 Å². The number of carbonyl (C=O) groups is 1. The molecule has 0 spiro atoms. The van der Waals surface area contributed by atoms with Gasteiger partial charge < -0.3 is 9.64 Å². The van der Waals surface area contributed by atoms with Gasteiger partial charge in [-0.05, 0) is 6.42 Å². The van der Waals surface area contributed by atoms with E-state index in [0.717, 1.165) is 19.4 Å². The lowest BCUT2D eigenvalue weighted by Gasteiger charge is -2.15. The third kappa shape index (κ3) is 2.72. The number of aromatic nitrogens is 1. The molecule has 1 amide bonds. The third-order valence-corrected chi connectivity index (χ3v) is 3.30. The van der Waals surface area contributed by atoms with Gasteiger partial charge in [-0.2, -0.15) is 0 Å². The zero-order valence-electron chi connectivity index (χ0n) is 9.39. The molecule has 1 aromatic heterocycles. The highest BCUT2D eigenvalue weighted by Crippen LogP contribution is 2.20. The first-order valence-corrected chi connectivity index (χ1v) is 6.51. The molecule has 1 fully saturated rings. The van der Waals surface area contributed by atoms with Crippen LogP contribution in [0.1, 0.15) is 26.2 Å². The summed E-state index contributed by atoms with van der Waals surface area (Å²) < 4.78 is 5.69. The minimum absolute atomic E-state index is 0.118. The summed E-state index contributed by atoms with van der Waals surface area (Å²) in [6.07, 6.45) is 4.31. The lowest BCUT2D eigenvalue weighted by Crippen LogP contribution is -2.30. The minimum atomic E-state index is 0.118. The van der Waals surface area contributed by atoms with Crippen LogP contribution in [0.4, 0.5) is 0 Å². The molecule has 2 heterocycles. The highest BCUT2D eigenvalue weighted by Gasteiger charge is 2.27. The van der Waals surface area contributed by atoms with Crippen molar-refractivity contribution in [2.24, 2.45) is 0 Å². The Morgan fingerprint density at radius 3 is 3.31 bits per heavy atom. The molecule has 0 saturated carbocycles. The van der Waals surface area contributed by atoms with Gasteiger partial charge in [-0.3, -0.25) is 4.79 Å². The second-order valence-electron chi connectivity index (χ2n) is 3.92. The molecule has 1 aliphatic rings. The van der Waals surface area contributed by atoms with Crippen molar-refractivity contribution in [3.8, 4) is 5.19 Å². The van der Waals surface area contributed by atoms with Crippen molar-refractivity contribution in [1.29, 1.82) is 0 Å². The average molecular weight is 240 g/mol. The SMILES string of the molecule is CCCC(=O)N1CCC(Oc2nccs2)C1. The van der Waals surface area contributed by atoms with Crippen molar-refractivity contribution < 1.29 is 9.53 Å². The molecule has 0 bridgehead atoms. The van der Waals surface area contributed by atoms with Gasteiger partial charge in [0.15, 0.2) is 0 Å². The second kappa shape index (κ2) is 5.30. The van der Waals surface area contributed by atoms with Gasteiger partial charge in [-0.1, -0.05) is 18.3 Å². The summed E-state index contributed by atoms with van der Waals surface area (Å²) in [5, 5.41) is 2.60. The first-order chi connectivity index (χ1) is 7.79. The Kier molecular flexibility index (Phi) is 3.77. The molecule has 1 atom stereocenters. The maximum atomic E-state index is 11.7. The topological polar surface area (TPSA) is 42.4 Å². The molecule has 1 unspecified atom stereocenters. The fourth-order valence-corrected chi connectivity index (χ4v) is 2.39. The number of hydrogen-bond acceptors (Lipinski definition) is 4. The summed E-state index contributed by atoms with van der Waals surface area (Å²) in [5.41, 5.74) is 0. The number of carbonyl (C=O) groups excluding carboxylic acids is 1. The number of ether oxygens (including phenoxy) is 1. The monoisotopic (exact) mass is 240 g/mol. The van der Waals surface area contributed by atoms with E-state index in [1.807, 2.05) is 17.2 Å². The van der Waals surface area contributed by atoms with Crippen molar-refractivity contribution in [3.05, 3.63) is 11.6 Å². The predicted octanol–water partition coefficient (Wildman–Crippen LogP) is 1.92. The Labute approximate surface area is 99.2 Å². The van der Waals surface area contributed by atoms with Gasteiger partial charge in [0.25, 0.3) is 5.19 Å². The van der Waals surface area contributed by atoms with Crippen LogP contribution in [0.15, 0.2) is 11.6 Å². The number of nitrogens with zero attached hydrogens (tertiary/aromatic N) is 2. The van der Waals surface area contributed by atoms with E-state index in [0.29, 0.717) is 18.2 Å². The van der Waals surface area contributed by atoms with E-state index in [-0.39, 0.29) is 12.0 Å². The molecule has 0 aliphatic carbocycles. The molecule has 1 saturated heterocycles. The van der Waals surface area contributed by atoms with Crippen LogP contribution >= 0.6 is 11.3 Å². The fourth-order valence-electron chi connectivity index (χ4n) is 1.83. The molecule has 1 aliphatic heterocycles. The molecular formula is C11H16N2O2S. The van der Waals surface area contributed by atoms with Crippen LogP contribution in [-0.4, -0.2) is 35.0 Å². The molecule has 0 N–H and O–H groups in total. The summed E-state index contributed by atoms with van der Waals surface area (Å²) in [4.78, 5) is 17.6. The Morgan fingerprint density at radius 1 is 1.75 bits per heavy atom. The summed E-state index contributed by atoms with van der Waals surface area (Å²) >= 11 is 1.49. The largest absolute Gasteiger partial charge is 0.465 e. The molecule has 16 heavy (non-hydrogen) atoms. The highest BCUT2D eigenvalue weighted by atomic mass is 32.1. The predicted molar refractivity (Wildman–Crippen MR) is 62.6 cm³/mol. The zero-order chi connectivity index (χ0) is 11.4. The number of likely N-dealkylation sites (tertiary alicyclic amines) is 1. The maximum absolute atomic E-state index is 11.7. The van der Waals surface area contributed by atoms with E-state index in [2.05, 4.69) is 4.98 Å². The number of thiazole rings is 1. The molecular weight excluding hydrogens is 224 g/mol. The Hall–Kier alpha value is -1.10. The smallest absolute Gasteiger partial charge is 0.273 e. The van der Waals surface area contributed by atoms with E-state index >= 15 is 0 Å². The summed E-state index contributed by atoms with van der Waals surface area (Å²) in [7, 11) is 0. The van der Waals surface area contributed by atoms with E-state index in [4.69, 9.17) is 4.74 Å². The number of rotatable bonds is 4. The van der Waals surface area contributed by atoms with Gasteiger partial charge in [0.1, 0.15) is 6.10 Å². The molecule has 2 rings (SSSR count). The van der Waals surface area contributed by atoms with Crippen molar-refractivity contribution >= 4 is 17.2 Å². The lowest BCUT2D eigenvalue weighted by molar-refractivity contribution is -0.130. The lowest BCUT2D eigenvalue weighted by atomic mass is 10.3. The number of hydrogen-bond donors (Lipinski definition) is 0. The molecule has 1 aromatic rings. The van der Waals surface area contributed by atoms with Gasteiger partial charge in [0, 0.05) is 31.0 Å². The quantitative estimate of drug-likeness (QED) is 0.807. The van der Waals surface area contributed by atoms with Crippen molar-refractivity contribution in [3.63, 3.8) is 0 Å². The highest BCUT2D eigenvalue weighted by molar-refractivity contribution is 7.11. The standard InChI is InChI=1S/C11H16N2O2S/c1-2-3-10(14)13-6-4-9(8-13)15-11-12-5-7-16-11/h5,7,9H,2-4,6,8H2,1H3. The molecule has 4 nitrogen and oxygen atoms in total. The van der Waals surface area contributed by atoms with Crippen molar-refractivity contribution in [1.82, 2.24) is 9.88 Å². The number of amides is 1. The first-order valence-electron chi connectivity index (χ1n) is 5.63. The second-order valence-corrected chi connectivity index (χ2v) is 4.77. The third-order valence-electron chi connectivity index (χ3n) is 2.64. The molecule has 5 heteroatoms. The minimum Gasteiger partial charge on any atom is -0.465 e. The Balaban J connectivity index is 1.81. The van der Waals surface area contributed by atoms with Gasteiger partial charge in [0.2, 0.25) is 5.91 Å². The van der Waals surface area contributed by atoms with Crippen molar-refractivity contribution in [2.45, 2.75) is 32.3 Å². The first kappa shape index (κ1) is 11.4. The van der Waals surface area contributed by atoms with Crippen LogP contribution in [-0.2, 0) is 4.79 Å². The van der Waals surface area contributed by atoms with E-state index in [1.165, 1.54) is 11.3 Å². The normalized spacial score (nSPS) is 20.1. The summed E-state index contributed by atoms with van der Waals surface area (Å²) in [6.45, 7) is 3.55.